The molecule has 5 aliphatic rings. The number of carbonyl (C=O) groups excluding carboxylic acids is 4. The van der Waals surface area contributed by atoms with Crippen LogP contribution in [-0.2, 0) is 35.1 Å². The molecule has 1 spiro atoms. The first kappa shape index (κ1) is 34.9. The molecule has 2 heterocycles. The van der Waals surface area contributed by atoms with E-state index in [1.807, 2.05) is 50.3 Å². The first-order valence-corrected chi connectivity index (χ1v) is 17.1. The van der Waals surface area contributed by atoms with Crippen LogP contribution in [0, 0.1) is 35.0 Å². The number of rotatable bonds is 4. The van der Waals surface area contributed by atoms with Crippen molar-refractivity contribution in [2.45, 2.75) is 82.0 Å². The highest BCUT2D eigenvalue weighted by atomic mass is 16.6. The molecule has 11 nitrogen and oxygen atoms in total. The molecule has 0 aromatic heterocycles. The molecule has 12 atom stereocenters. The average molecular weight is 675 g/mol. The van der Waals surface area contributed by atoms with Crippen LogP contribution in [0.5, 0.6) is 0 Å². The Morgan fingerprint density at radius 1 is 1.10 bits per heavy atom. The monoisotopic (exact) mass is 674 g/mol. The van der Waals surface area contributed by atoms with E-state index in [2.05, 4.69) is 11.9 Å². The second-order valence-corrected chi connectivity index (χ2v) is 14.4. The Balaban J connectivity index is 1.48. The number of benzene rings is 1. The van der Waals surface area contributed by atoms with Gasteiger partial charge < -0.3 is 35.8 Å². The van der Waals surface area contributed by atoms with Gasteiger partial charge in [-0.1, -0.05) is 69.0 Å². The van der Waals surface area contributed by atoms with Crippen LogP contribution in [0.3, 0.4) is 0 Å². The highest BCUT2D eigenvalue weighted by Crippen LogP contribution is 2.61. The third-order valence-corrected chi connectivity index (χ3v) is 11.9. The lowest BCUT2D eigenvalue weighted by Crippen LogP contribution is -2.70. The zero-order valence-electron chi connectivity index (χ0n) is 28.1. The molecular formula is C38H46N2O9. The summed E-state index contributed by atoms with van der Waals surface area (Å²) in [6.07, 6.45) is 2.89. The zero-order valence-corrected chi connectivity index (χ0v) is 28.1. The number of methoxy groups -OCH3 is 1. The van der Waals surface area contributed by atoms with E-state index in [9.17, 15) is 34.5 Å². The molecule has 0 bridgehead atoms. The van der Waals surface area contributed by atoms with E-state index in [1.54, 1.807) is 6.08 Å². The van der Waals surface area contributed by atoms with Gasteiger partial charge in [0.2, 0.25) is 11.5 Å². The van der Waals surface area contributed by atoms with Crippen molar-refractivity contribution in [1.29, 1.82) is 0 Å². The Morgan fingerprint density at radius 2 is 1.82 bits per heavy atom. The van der Waals surface area contributed by atoms with Crippen LogP contribution in [-0.4, -0.2) is 82.1 Å². The summed E-state index contributed by atoms with van der Waals surface area (Å²) in [5, 5.41) is 36.5. The Labute approximate surface area is 285 Å². The van der Waals surface area contributed by atoms with Gasteiger partial charge in [-0.3, -0.25) is 14.4 Å². The fourth-order valence-corrected chi connectivity index (χ4v) is 9.40. The lowest BCUT2D eigenvalue weighted by Gasteiger charge is -2.53. The molecule has 1 aromatic rings. The van der Waals surface area contributed by atoms with Crippen molar-refractivity contribution in [2.24, 2.45) is 40.7 Å². The van der Waals surface area contributed by atoms with Crippen molar-refractivity contribution in [3.63, 3.8) is 0 Å². The summed E-state index contributed by atoms with van der Waals surface area (Å²) in [7, 11) is 1.34. The zero-order chi connectivity index (χ0) is 35.4. The number of ketones is 1. The minimum Gasteiger partial charge on any atom is -0.445 e. The summed E-state index contributed by atoms with van der Waals surface area (Å²) < 4.78 is 11.9. The third kappa shape index (κ3) is 5.24. The minimum absolute atomic E-state index is 0.00880. The highest BCUT2D eigenvalue weighted by molar-refractivity contribution is 6.03. The van der Waals surface area contributed by atoms with Gasteiger partial charge >= 0.3 is 5.97 Å². The maximum Gasteiger partial charge on any atom is 0.331 e. The molecule has 262 valence electrons. The Hall–Kier alpha value is -3.90. The highest BCUT2D eigenvalue weighted by Gasteiger charge is 2.74. The van der Waals surface area contributed by atoms with Crippen LogP contribution in [0.2, 0.25) is 0 Å². The number of esters is 1. The Morgan fingerprint density at radius 3 is 2.49 bits per heavy atom. The van der Waals surface area contributed by atoms with Crippen molar-refractivity contribution >= 4 is 23.6 Å². The molecule has 49 heavy (non-hydrogen) atoms. The molecular weight excluding hydrogens is 628 g/mol. The molecule has 2 amide bonds. The number of ether oxygens (including phenoxy) is 2. The van der Waals surface area contributed by atoms with Crippen molar-refractivity contribution in [3.8, 4) is 0 Å². The van der Waals surface area contributed by atoms with Gasteiger partial charge in [0.15, 0.2) is 5.78 Å². The van der Waals surface area contributed by atoms with Crippen molar-refractivity contribution in [3.05, 3.63) is 83.5 Å². The van der Waals surface area contributed by atoms with Crippen molar-refractivity contribution in [1.82, 2.24) is 5.32 Å². The second kappa shape index (κ2) is 13.1. The molecule has 1 aromatic carbocycles. The SMILES string of the molecule is C=C1[C@@H](C)C2[C@H](Cc3ccccc3)NC(=O)[C@]23OC(=O)/C=C\C2=C(C(=O)CCC[C@@H](C)C/C=C/C3[C@@H]1O)[C@@H](OC)[C@H]1[C@H](O)[C@H](O)C21C(N)=O. The molecule has 2 aliphatic heterocycles. The number of aliphatic hydroxyl groups excluding tert-OH is 3. The molecule has 1 saturated heterocycles. The molecule has 6 N–H and O–H groups in total. The number of nitrogens with one attached hydrogen (secondary N) is 1. The fourth-order valence-electron chi connectivity index (χ4n) is 9.40. The molecule has 3 fully saturated rings. The topological polar surface area (TPSA) is 185 Å². The maximum atomic E-state index is 14.3. The van der Waals surface area contributed by atoms with Gasteiger partial charge in [0, 0.05) is 43.1 Å². The number of primary amides is 1. The lowest BCUT2D eigenvalue weighted by atomic mass is 9.54. The summed E-state index contributed by atoms with van der Waals surface area (Å²) in [6, 6.07) is 9.17. The first-order valence-electron chi connectivity index (χ1n) is 17.1. The van der Waals surface area contributed by atoms with Crippen molar-refractivity contribution in [2.75, 3.05) is 7.11 Å². The van der Waals surface area contributed by atoms with Crippen molar-refractivity contribution < 1.29 is 44.0 Å². The largest absolute Gasteiger partial charge is 0.445 e. The Kier molecular flexibility index (Phi) is 9.34. The number of nitrogens with two attached hydrogens (primary N) is 1. The fraction of sp³-hybridized carbons (Fsp3) is 0.526. The molecule has 6 rings (SSSR count). The maximum absolute atomic E-state index is 14.3. The van der Waals surface area contributed by atoms with Crippen LogP contribution in [0.4, 0.5) is 0 Å². The minimum atomic E-state index is -1.88. The van der Waals surface area contributed by atoms with Gasteiger partial charge in [-0.25, -0.2) is 4.79 Å². The van der Waals surface area contributed by atoms with Crippen LogP contribution in [0.1, 0.15) is 45.1 Å². The molecule has 3 unspecified atom stereocenters. The number of hydrogen-bond acceptors (Lipinski definition) is 9. The standard InChI is InChI=1S/C38H46N2O9/c1-19-10-8-14-24-31(43)21(3)20(2)29-25(18-22-12-6-5-7-13-22)40-36(47)38(24,29)49-27(42)17-16-23-28(26(41)15-9-11-19)33(48-4)30-32(44)34(45)37(23,30)35(39)46/h5-8,12-14,16-17,19-20,24-25,29-34,43-45H,3,9-11,15,18H2,1-2,4H3,(H2,39,46)(H,40,47)/b14-8+,17-16-/t19-,20+,24?,25-,29?,30+,31+,32-,33+,34-,37?,38+/m0/s1. The number of carbonyl (C=O) groups is 4. The average Bonchev–Trinajstić information content (AvgIpc) is 3.50. The van der Waals surface area contributed by atoms with Crippen LogP contribution in [0.15, 0.2) is 77.9 Å². The van der Waals surface area contributed by atoms with E-state index >= 15 is 0 Å². The number of aliphatic hydroxyl groups is 3. The van der Waals surface area contributed by atoms with Crippen LogP contribution in [0.25, 0.3) is 0 Å². The first-order chi connectivity index (χ1) is 23.3. The summed E-state index contributed by atoms with van der Waals surface area (Å²) in [6.45, 7) is 8.11. The molecule has 11 heteroatoms. The van der Waals surface area contributed by atoms with Gasteiger partial charge in [0.05, 0.1) is 30.3 Å². The molecule has 3 aliphatic carbocycles. The van der Waals surface area contributed by atoms with E-state index in [0.29, 0.717) is 31.3 Å². The van der Waals surface area contributed by atoms with E-state index < -0.39 is 82.9 Å². The molecule has 0 radical (unpaired) electrons. The van der Waals surface area contributed by atoms with E-state index in [4.69, 9.17) is 15.2 Å². The second-order valence-electron chi connectivity index (χ2n) is 14.4. The summed E-state index contributed by atoms with van der Waals surface area (Å²) in [4.78, 5) is 55.2. The summed E-state index contributed by atoms with van der Waals surface area (Å²) in [5.74, 6) is -5.73. The number of amides is 2. The van der Waals surface area contributed by atoms with Gasteiger partial charge in [0.25, 0.3) is 5.91 Å². The predicted molar refractivity (Wildman–Crippen MR) is 178 cm³/mol. The van der Waals surface area contributed by atoms with Crippen LogP contribution >= 0.6 is 0 Å². The smallest absolute Gasteiger partial charge is 0.331 e. The predicted octanol–water partition coefficient (Wildman–Crippen LogP) is 1.85. The number of Topliss-reactive ketones (excluding diaryl/α,β-unsaturated/α-hetero) is 1. The third-order valence-electron chi connectivity index (χ3n) is 11.9. The Bertz CT molecular complexity index is 1630. The van der Waals surface area contributed by atoms with Gasteiger partial charge in [-0.2, -0.15) is 0 Å². The van der Waals surface area contributed by atoms with Gasteiger partial charge in [0.1, 0.15) is 5.41 Å². The summed E-state index contributed by atoms with van der Waals surface area (Å²) in [5.41, 5.74) is 3.75. The van der Waals surface area contributed by atoms with Crippen LogP contribution < -0.4 is 11.1 Å². The van der Waals surface area contributed by atoms with E-state index in [-0.39, 0.29) is 29.3 Å². The number of allylic oxidation sites excluding steroid dienone is 2. The van der Waals surface area contributed by atoms with Gasteiger partial charge in [-0.15, -0.1) is 0 Å². The quantitative estimate of drug-likeness (QED) is 0.235. The van der Waals surface area contributed by atoms with E-state index in [0.717, 1.165) is 11.6 Å². The normalized spacial score (nSPS) is 42.2. The van der Waals surface area contributed by atoms with Gasteiger partial charge in [-0.05, 0) is 54.2 Å². The number of hydrogen-bond donors (Lipinski definition) is 5. The summed E-state index contributed by atoms with van der Waals surface area (Å²) >= 11 is 0. The molecule has 2 saturated carbocycles. The lowest BCUT2D eigenvalue weighted by molar-refractivity contribution is -0.213. The number of fused-ring (bicyclic) bond motifs is 2. The van der Waals surface area contributed by atoms with E-state index in [1.165, 1.54) is 13.2 Å².